The van der Waals surface area contributed by atoms with Crippen LogP contribution in [0.3, 0.4) is 0 Å². The number of benzene rings is 3. The van der Waals surface area contributed by atoms with Crippen LogP contribution >= 0.6 is 23.1 Å². The summed E-state index contributed by atoms with van der Waals surface area (Å²) in [5.74, 6) is -0.879. The van der Waals surface area contributed by atoms with Crippen LogP contribution in [0.5, 0.6) is 0 Å². The number of sulfone groups is 1. The van der Waals surface area contributed by atoms with Gasteiger partial charge in [-0.25, -0.2) is 27.0 Å². The fourth-order valence-corrected chi connectivity index (χ4v) is 13.6. The Kier molecular flexibility index (Phi) is 18.9. The SMILES string of the molecule is Cc1ncsc1-c1ccc([C@H](C)NC(=O)[C@@H]2C[C@@H](O)CN2C(=O)[C@@H](NC(=O)CCCCC(=O)N2CCC3(CC2)CN(CC[C@H](CSc2ccccc2)Nc2ccc(S(N)(=O)=O)cc2S(=O)(=O)C(F)(F)F)C3)C(C)(C)C)cc1. The minimum Gasteiger partial charge on any atom is -0.391 e. The molecule has 3 aliphatic rings. The van der Waals surface area contributed by atoms with Crippen molar-refractivity contribution in [3.63, 3.8) is 0 Å². The zero-order chi connectivity index (χ0) is 56.1. The summed E-state index contributed by atoms with van der Waals surface area (Å²) in [5.41, 5.74) is -2.20. The third-order valence-corrected chi connectivity index (χ3v) is 19.2. The van der Waals surface area contributed by atoms with Crippen molar-refractivity contribution in [2.75, 3.05) is 50.3 Å². The van der Waals surface area contributed by atoms with Crippen LogP contribution in [0, 0.1) is 17.8 Å². The van der Waals surface area contributed by atoms with E-state index in [0.717, 1.165) is 64.7 Å². The van der Waals surface area contributed by atoms with Crippen molar-refractivity contribution in [3.8, 4) is 10.4 Å². The lowest BCUT2D eigenvalue weighted by Gasteiger charge is -2.54. The number of halogens is 3. The van der Waals surface area contributed by atoms with E-state index < -0.39 is 76.6 Å². The molecule has 4 heterocycles. The molecule has 0 bridgehead atoms. The Labute approximate surface area is 457 Å². The number of rotatable bonds is 21. The van der Waals surface area contributed by atoms with Crippen molar-refractivity contribution in [3.05, 3.63) is 89.6 Å². The second-order valence-corrected chi connectivity index (χ2v) is 27.0. The number of nitrogens with zero attached hydrogens (tertiary/aromatic N) is 4. The van der Waals surface area contributed by atoms with Crippen LogP contribution in [-0.2, 0) is 39.0 Å². The molecule has 1 aromatic heterocycles. The molecule has 4 amide bonds. The van der Waals surface area contributed by atoms with Gasteiger partial charge >= 0.3 is 5.51 Å². The van der Waals surface area contributed by atoms with E-state index in [2.05, 4.69) is 25.8 Å². The van der Waals surface area contributed by atoms with Gasteiger partial charge in [0.05, 0.1) is 38.8 Å². The number of likely N-dealkylation sites (tertiary alicyclic amines) is 3. The maximum absolute atomic E-state index is 14.2. The number of nitrogens with two attached hydrogens (primary N) is 1. The fourth-order valence-electron chi connectivity index (χ4n) is 10.2. The molecule has 3 fully saturated rings. The van der Waals surface area contributed by atoms with Crippen LogP contribution < -0.4 is 21.1 Å². The molecule has 3 aliphatic heterocycles. The minimum absolute atomic E-state index is 0.0118. The summed E-state index contributed by atoms with van der Waals surface area (Å²) in [6.07, 6.45) is 2.31. The minimum atomic E-state index is -5.97. The topological polar surface area (TPSA) is 242 Å². The van der Waals surface area contributed by atoms with Crippen molar-refractivity contribution in [1.29, 1.82) is 0 Å². The number of carbonyl (C=O) groups excluding carboxylic acids is 4. The van der Waals surface area contributed by atoms with Gasteiger partial charge in [0, 0.05) is 75.2 Å². The summed E-state index contributed by atoms with van der Waals surface area (Å²) in [7, 11) is -10.5. The number of thiazole rings is 1. The second-order valence-electron chi connectivity index (χ2n) is 21.6. The van der Waals surface area contributed by atoms with Crippen LogP contribution in [0.1, 0.15) is 96.4 Å². The zero-order valence-electron chi connectivity index (χ0n) is 43.8. The van der Waals surface area contributed by atoms with Crippen LogP contribution in [0.4, 0.5) is 18.9 Å². The molecule has 77 heavy (non-hydrogen) atoms. The summed E-state index contributed by atoms with van der Waals surface area (Å²) in [6, 6.07) is 16.7. The van der Waals surface area contributed by atoms with Gasteiger partial charge in [-0.3, -0.25) is 19.2 Å². The number of β-amino-alcohol motifs (C(OH)–C–C–N with tert-alkyl or cyclic N) is 1. The molecule has 0 aliphatic carbocycles. The average Bonchev–Trinajstić information content (AvgIpc) is 4.00. The van der Waals surface area contributed by atoms with Gasteiger partial charge in [-0.1, -0.05) is 63.2 Å². The van der Waals surface area contributed by atoms with E-state index in [1.807, 2.05) is 94.1 Å². The smallest absolute Gasteiger partial charge is 0.391 e. The molecule has 4 aromatic rings. The quantitative estimate of drug-likeness (QED) is 0.0423. The number of alkyl halides is 3. The van der Waals surface area contributed by atoms with Gasteiger partial charge in [0.2, 0.25) is 33.7 Å². The Balaban J connectivity index is 0.855. The van der Waals surface area contributed by atoms with E-state index in [1.165, 1.54) is 16.7 Å². The summed E-state index contributed by atoms with van der Waals surface area (Å²) < 4.78 is 91.0. The number of unbranched alkanes of at least 4 members (excludes halogenated alkanes) is 1. The monoisotopic (exact) mass is 1150 g/mol. The number of anilines is 1. The molecule has 17 nitrogen and oxygen atoms in total. The Morgan fingerprint density at radius 3 is 2.21 bits per heavy atom. The maximum atomic E-state index is 14.2. The predicted octanol–water partition coefficient (Wildman–Crippen LogP) is 6.88. The average molecular weight is 1150 g/mol. The lowest BCUT2D eigenvalue weighted by atomic mass is 9.72. The predicted molar refractivity (Wildman–Crippen MR) is 290 cm³/mol. The number of carbonyl (C=O) groups is 4. The number of aromatic nitrogens is 1. The van der Waals surface area contributed by atoms with E-state index in [4.69, 9.17) is 5.14 Å². The maximum Gasteiger partial charge on any atom is 0.501 e. The molecule has 420 valence electrons. The van der Waals surface area contributed by atoms with Gasteiger partial charge in [-0.2, -0.15) is 13.2 Å². The van der Waals surface area contributed by atoms with Crippen LogP contribution in [0.15, 0.2) is 93.0 Å². The number of aliphatic hydroxyl groups is 1. The van der Waals surface area contributed by atoms with Gasteiger partial charge < -0.3 is 35.8 Å². The lowest BCUT2D eigenvalue weighted by Crippen LogP contribution is -2.61. The highest BCUT2D eigenvalue weighted by atomic mass is 32.2. The largest absolute Gasteiger partial charge is 0.501 e. The Bertz CT molecular complexity index is 2960. The van der Waals surface area contributed by atoms with Gasteiger partial charge in [0.25, 0.3) is 9.84 Å². The summed E-state index contributed by atoms with van der Waals surface area (Å²) in [5, 5.41) is 24.7. The van der Waals surface area contributed by atoms with Crippen molar-refractivity contribution in [2.45, 2.75) is 136 Å². The number of hydrogen-bond donors (Lipinski definition) is 5. The number of primary sulfonamides is 1. The van der Waals surface area contributed by atoms with E-state index >= 15 is 0 Å². The molecule has 5 atom stereocenters. The number of amides is 4. The second kappa shape index (κ2) is 24.5. The molecule has 24 heteroatoms. The summed E-state index contributed by atoms with van der Waals surface area (Å²) in [4.78, 5) is 64.4. The molecular weight excluding hydrogens is 1080 g/mol. The van der Waals surface area contributed by atoms with E-state index in [0.29, 0.717) is 50.7 Å². The van der Waals surface area contributed by atoms with Crippen molar-refractivity contribution in [1.82, 2.24) is 30.3 Å². The molecule has 3 aromatic carbocycles. The number of piperidine rings is 1. The standard InChI is InChI=1S/C53H69F3N8O9S4/c1-34(36-15-17-37(18-16-36)47-35(2)58-33-75-47)59-49(68)43-27-39(65)29-64(43)50(69)48(51(3,4)5)61-45(66)13-9-10-14-46(67)63-25-22-52(23-26-63)31-62(32-52)24-21-38(30-74-40-11-7-6-8-12-40)60-42-20-19-41(77(57,72)73)28-44(42)76(70,71)53(54,55)56/h6-8,11-12,15-20,28,33-34,38-39,43,48,60,65H,9-10,13-14,21-27,29-32H2,1-5H3,(H,59,68)(H,61,66)(H2,57,72,73)/t34-,38+,39+,43-,48+/m0/s1. The van der Waals surface area contributed by atoms with E-state index in [1.54, 1.807) is 16.8 Å². The number of aryl methyl sites for hydroxylation is 1. The van der Waals surface area contributed by atoms with E-state index in [-0.39, 0.29) is 54.8 Å². The molecule has 0 saturated carbocycles. The molecule has 0 radical (unpaired) electrons. The molecule has 7 rings (SSSR count). The molecule has 3 saturated heterocycles. The lowest BCUT2D eigenvalue weighted by molar-refractivity contribution is -0.144. The number of aliphatic hydroxyl groups excluding tert-OH is 1. The Morgan fingerprint density at radius 2 is 1.60 bits per heavy atom. The van der Waals surface area contributed by atoms with Crippen LogP contribution in [0.2, 0.25) is 0 Å². The fraction of sp³-hybridized carbons (Fsp3) is 0.528. The van der Waals surface area contributed by atoms with E-state index in [9.17, 15) is 54.3 Å². The number of thioether (sulfide) groups is 1. The highest BCUT2D eigenvalue weighted by Gasteiger charge is 2.49. The van der Waals surface area contributed by atoms with Gasteiger partial charge in [-0.15, -0.1) is 23.1 Å². The Morgan fingerprint density at radius 1 is 0.935 bits per heavy atom. The molecule has 0 unspecified atom stereocenters. The summed E-state index contributed by atoms with van der Waals surface area (Å²) in [6.45, 7) is 12.4. The van der Waals surface area contributed by atoms with Gasteiger partial charge in [-0.05, 0) is 98.2 Å². The number of hydrogen-bond acceptors (Lipinski definition) is 14. The molecule has 1 spiro atoms. The van der Waals surface area contributed by atoms with Crippen molar-refractivity contribution < 1.29 is 54.3 Å². The van der Waals surface area contributed by atoms with Gasteiger partial charge in [0.1, 0.15) is 17.0 Å². The highest BCUT2D eigenvalue weighted by molar-refractivity contribution is 7.99. The first kappa shape index (κ1) is 59.5. The third kappa shape index (κ3) is 15.0. The normalized spacial score (nSPS) is 19.3. The molecular formula is C53H69F3N8O9S4. The first-order chi connectivity index (χ1) is 36.1. The van der Waals surface area contributed by atoms with Crippen LogP contribution in [0.25, 0.3) is 10.4 Å². The zero-order valence-corrected chi connectivity index (χ0v) is 47.1. The number of nitrogens with one attached hydrogen (secondary N) is 3. The Hall–Kier alpha value is -5.11. The molecule has 6 N–H and O–H groups in total. The summed E-state index contributed by atoms with van der Waals surface area (Å²) >= 11 is 2.99. The van der Waals surface area contributed by atoms with Crippen molar-refractivity contribution >= 4 is 72.3 Å². The highest BCUT2D eigenvalue weighted by Crippen LogP contribution is 2.42. The van der Waals surface area contributed by atoms with Gasteiger partial charge in [0.15, 0.2) is 0 Å². The third-order valence-electron chi connectivity index (χ3n) is 14.6. The van der Waals surface area contributed by atoms with Crippen molar-refractivity contribution in [2.24, 2.45) is 16.0 Å². The first-order valence-corrected chi connectivity index (χ1v) is 30.5. The number of sulfonamides is 1. The van der Waals surface area contributed by atoms with Crippen LogP contribution in [-0.4, -0.2) is 140 Å². The first-order valence-electron chi connectivity index (χ1n) is 25.7.